The van der Waals surface area contributed by atoms with Crippen LogP contribution in [0.25, 0.3) is 0 Å². The minimum absolute atomic E-state index is 0.0717. The van der Waals surface area contributed by atoms with Crippen molar-refractivity contribution in [2.45, 2.75) is 33.0 Å². The lowest BCUT2D eigenvalue weighted by Gasteiger charge is -2.25. The first-order valence-corrected chi connectivity index (χ1v) is 10.2. The van der Waals surface area contributed by atoms with Gasteiger partial charge in [0.1, 0.15) is 12.4 Å². The second-order valence-corrected chi connectivity index (χ2v) is 8.03. The predicted molar refractivity (Wildman–Crippen MR) is 111 cm³/mol. The lowest BCUT2D eigenvalue weighted by molar-refractivity contribution is -0.114. The number of hydrogen-bond acceptors (Lipinski definition) is 5. The quantitative estimate of drug-likeness (QED) is 0.681. The summed E-state index contributed by atoms with van der Waals surface area (Å²) < 4.78 is 5.86. The van der Waals surface area contributed by atoms with Crippen LogP contribution in [0.3, 0.4) is 0 Å². The van der Waals surface area contributed by atoms with Crippen LogP contribution in [0.5, 0.6) is 5.75 Å². The summed E-state index contributed by atoms with van der Waals surface area (Å²) in [6, 6.07) is 18.5. The lowest BCUT2D eigenvalue weighted by Crippen LogP contribution is -2.29. The maximum Gasteiger partial charge on any atom is 0.223 e. The summed E-state index contributed by atoms with van der Waals surface area (Å²) in [5, 5.41) is 3.50. The predicted octanol–water partition coefficient (Wildman–Crippen LogP) is 4.24. The van der Waals surface area contributed by atoms with E-state index >= 15 is 0 Å². The zero-order chi connectivity index (χ0) is 19.3. The topological polar surface area (TPSA) is 54.5 Å². The van der Waals surface area contributed by atoms with Gasteiger partial charge in [-0.15, -0.1) is 11.3 Å². The molecule has 4 rings (SSSR count). The summed E-state index contributed by atoms with van der Waals surface area (Å²) >= 11 is 1.58. The number of benzene rings is 2. The second kappa shape index (κ2) is 8.54. The van der Waals surface area contributed by atoms with Gasteiger partial charge in [-0.05, 0) is 23.3 Å². The van der Waals surface area contributed by atoms with Crippen molar-refractivity contribution in [2.75, 3.05) is 11.9 Å². The first-order chi connectivity index (χ1) is 13.7. The highest BCUT2D eigenvalue weighted by atomic mass is 32.1. The molecule has 28 heavy (non-hydrogen) atoms. The number of hydrogen-bond donors (Lipinski definition) is 1. The van der Waals surface area contributed by atoms with Crippen molar-refractivity contribution in [3.8, 4) is 5.75 Å². The second-order valence-electron chi connectivity index (χ2n) is 6.95. The van der Waals surface area contributed by atoms with Crippen LogP contribution < -0.4 is 10.1 Å². The molecular weight excluding hydrogens is 370 g/mol. The fourth-order valence-corrected chi connectivity index (χ4v) is 4.37. The van der Waals surface area contributed by atoms with Gasteiger partial charge in [0.2, 0.25) is 5.91 Å². The molecule has 0 fully saturated rings. The summed E-state index contributed by atoms with van der Waals surface area (Å²) in [5.74, 6) is 0.813. The number of rotatable bonds is 6. The van der Waals surface area contributed by atoms with E-state index in [0.717, 1.165) is 37.5 Å². The molecule has 0 unspecified atom stereocenters. The first kappa shape index (κ1) is 18.7. The van der Waals surface area contributed by atoms with Crippen molar-refractivity contribution in [1.29, 1.82) is 0 Å². The van der Waals surface area contributed by atoms with Crippen molar-refractivity contribution in [1.82, 2.24) is 9.88 Å². The van der Waals surface area contributed by atoms with Gasteiger partial charge in [0.25, 0.3) is 0 Å². The molecule has 1 amide bonds. The Labute approximate surface area is 169 Å². The number of thiazole rings is 1. The van der Waals surface area contributed by atoms with Crippen LogP contribution in [0.4, 0.5) is 5.13 Å². The van der Waals surface area contributed by atoms with E-state index in [9.17, 15) is 4.79 Å². The average Bonchev–Trinajstić information content (AvgIpc) is 3.09. The number of fused-ring (bicyclic) bond motifs is 1. The Balaban J connectivity index is 1.32. The molecule has 0 saturated carbocycles. The molecular formula is C22H23N3O2S. The Morgan fingerprint density at radius 2 is 1.93 bits per heavy atom. The SMILES string of the molecule is CC(=O)Nc1nc2c(s1)CN(Cc1ccc(OCc3ccccc3)cc1)CC2. The van der Waals surface area contributed by atoms with Gasteiger partial charge in [-0.25, -0.2) is 4.98 Å². The number of nitrogens with one attached hydrogen (secondary N) is 1. The van der Waals surface area contributed by atoms with Crippen LogP contribution >= 0.6 is 11.3 Å². The van der Waals surface area contributed by atoms with E-state index in [2.05, 4.69) is 39.5 Å². The molecule has 5 nitrogen and oxygen atoms in total. The third-order valence-corrected chi connectivity index (χ3v) is 5.67. The molecule has 1 aliphatic rings. The highest BCUT2D eigenvalue weighted by molar-refractivity contribution is 7.15. The van der Waals surface area contributed by atoms with Crippen LogP contribution in [0.15, 0.2) is 54.6 Å². The fourth-order valence-electron chi connectivity index (χ4n) is 3.28. The molecule has 2 heterocycles. The number of ether oxygens (including phenoxy) is 1. The van der Waals surface area contributed by atoms with E-state index in [1.165, 1.54) is 22.9 Å². The Bertz CT molecular complexity index is 938. The highest BCUT2D eigenvalue weighted by Crippen LogP contribution is 2.29. The van der Waals surface area contributed by atoms with Crippen molar-refractivity contribution in [2.24, 2.45) is 0 Å². The number of nitrogens with zero attached hydrogens (tertiary/aromatic N) is 2. The Morgan fingerprint density at radius 3 is 2.68 bits per heavy atom. The van der Waals surface area contributed by atoms with Crippen LogP contribution in [0.1, 0.15) is 28.6 Å². The van der Waals surface area contributed by atoms with Gasteiger partial charge in [0, 0.05) is 37.9 Å². The molecule has 0 bridgehead atoms. The molecule has 144 valence electrons. The Kier molecular flexibility index (Phi) is 5.69. The number of amides is 1. The lowest BCUT2D eigenvalue weighted by atomic mass is 10.1. The minimum Gasteiger partial charge on any atom is -0.489 e. The maximum atomic E-state index is 11.2. The highest BCUT2D eigenvalue weighted by Gasteiger charge is 2.21. The third-order valence-electron chi connectivity index (χ3n) is 4.67. The van der Waals surface area contributed by atoms with E-state index in [1.54, 1.807) is 11.3 Å². The fraction of sp³-hybridized carbons (Fsp3) is 0.273. The monoisotopic (exact) mass is 393 g/mol. The van der Waals surface area contributed by atoms with Crippen molar-refractivity contribution >= 4 is 22.4 Å². The summed E-state index contributed by atoms with van der Waals surface area (Å²) in [4.78, 5) is 19.4. The van der Waals surface area contributed by atoms with Crippen LogP contribution in [-0.2, 0) is 30.9 Å². The molecule has 1 aromatic heterocycles. The smallest absolute Gasteiger partial charge is 0.223 e. The Hall–Kier alpha value is -2.70. The molecule has 1 aliphatic heterocycles. The third kappa shape index (κ3) is 4.77. The Morgan fingerprint density at radius 1 is 1.14 bits per heavy atom. The largest absolute Gasteiger partial charge is 0.489 e. The zero-order valence-electron chi connectivity index (χ0n) is 15.9. The number of aromatic nitrogens is 1. The van der Waals surface area contributed by atoms with E-state index in [0.29, 0.717) is 11.7 Å². The average molecular weight is 394 g/mol. The van der Waals surface area contributed by atoms with Crippen LogP contribution in [0.2, 0.25) is 0 Å². The van der Waals surface area contributed by atoms with Crippen molar-refractivity contribution in [3.63, 3.8) is 0 Å². The van der Waals surface area contributed by atoms with Gasteiger partial charge >= 0.3 is 0 Å². The molecule has 6 heteroatoms. The minimum atomic E-state index is -0.0717. The number of carbonyl (C=O) groups excluding carboxylic acids is 1. The standard InChI is InChI=1S/C22H23N3O2S/c1-16(26)23-22-24-20-11-12-25(14-21(20)28-22)13-17-7-9-19(10-8-17)27-15-18-5-3-2-4-6-18/h2-10H,11-15H2,1H3,(H,23,24,26). The van der Waals surface area contributed by atoms with E-state index in [-0.39, 0.29) is 5.91 Å². The van der Waals surface area contributed by atoms with Crippen LogP contribution in [-0.4, -0.2) is 22.3 Å². The normalized spacial score (nSPS) is 13.8. The summed E-state index contributed by atoms with van der Waals surface area (Å²) in [7, 11) is 0. The molecule has 0 atom stereocenters. The molecule has 3 aromatic rings. The molecule has 0 saturated heterocycles. The zero-order valence-corrected chi connectivity index (χ0v) is 16.7. The summed E-state index contributed by atoms with van der Waals surface area (Å²) in [6.45, 7) is 4.84. The summed E-state index contributed by atoms with van der Waals surface area (Å²) in [6.07, 6.45) is 0.920. The first-order valence-electron chi connectivity index (χ1n) is 9.40. The van der Waals surface area contributed by atoms with Gasteiger partial charge in [-0.3, -0.25) is 9.69 Å². The van der Waals surface area contributed by atoms with E-state index in [1.807, 2.05) is 30.3 Å². The van der Waals surface area contributed by atoms with Gasteiger partial charge in [0.05, 0.1) is 5.69 Å². The summed E-state index contributed by atoms with van der Waals surface area (Å²) in [5.41, 5.74) is 3.55. The molecule has 2 aromatic carbocycles. The van der Waals surface area contributed by atoms with Crippen molar-refractivity contribution < 1.29 is 9.53 Å². The molecule has 0 radical (unpaired) electrons. The molecule has 0 spiro atoms. The van der Waals surface area contributed by atoms with Crippen molar-refractivity contribution in [3.05, 3.63) is 76.3 Å². The van der Waals surface area contributed by atoms with Gasteiger partial charge in [-0.2, -0.15) is 0 Å². The number of anilines is 1. The van der Waals surface area contributed by atoms with Crippen LogP contribution in [0, 0.1) is 0 Å². The molecule has 0 aliphatic carbocycles. The number of carbonyl (C=O) groups is 1. The van der Waals surface area contributed by atoms with Gasteiger partial charge in [0.15, 0.2) is 5.13 Å². The van der Waals surface area contributed by atoms with Gasteiger partial charge < -0.3 is 10.1 Å². The molecule has 1 N–H and O–H groups in total. The maximum absolute atomic E-state index is 11.2. The van der Waals surface area contributed by atoms with E-state index < -0.39 is 0 Å². The van der Waals surface area contributed by atoms with E-state index in [4.69, 9.17) is 4.74 Å². The van der Waals surface area contributed by atoms with Gasteiger partial charge in [-0.1, -0.05) is 42.5 Å².